The first-order valence-corrected chi connectivity index (χ1v) is 4.96. The van der Waals surface area contributed by atoms with Crippen molar-refractivity contribution in [2.45, 2.75) is 39.0 Å². The molecule has 3 nitrogen and oxygen atoms in total. The Morgan fingerprint density at radius 2 is 2.00 bits per heavy atom. The van der Waals surface area contributed by atoms with Gasteiger partial charge in [0.25, 0.3) is 0 Å². The molecular weight excluding hydrogens is 178 g/mol. The number of aromatic nitrogens is 1. The molecule has 0 bridgehead atoms. The van der Waals surface area contributed by atoms with Crippen LogP contribution < -0.4 is 9.67 Å². The average molecular weight is 195 g/mol. The van der Waals surface area contributed by atoms with Crippen molar-refractivity contribution in [1.82, 2.24) is 0 Å². The van der Waals surface area contributed by atoms with Crippen LogP contribution in [0.5, 0.6) is 0 Å². The standard InChI is InChI=1S/C11H17NO2/c1-3-9(2)10-4-6-12(7-5-10)8-11(13)14/h4-7,9,11,13H,3,8H2,1-2H3. The Balaban J connectivity index is 2.68. The smallest absolute Gasteiger partial charge is 0.169 e. The zero-order valence-corrected chi connectivity index (χ0v) is 8.68. The lowest BCUT2D eigenvalue weighted by atomic mass is 10.0. The lowest BCUT2D eigenvalue weighted by Gasteiger charge is -2.11. The van der Waals surface area contributed by atoms with E-state index in [1.807, 2.05) is 24.5 Å². The summed E-state index contributed by atoms with van der Waals surface area (Å²) in [5, 5.41) is 19.2. The normalized spacial score (nSPS) is 15.1. The molecule has 1 N–H and O–H groups in total. The molecule has 1 aromatic heterocycles. The van der Waals surface area contributed by atoms with Crippen LogP contribution >= 0.6 is 0 Å². The van der Waals surface area contributed by atoms with Crippen LogP contribution in [-0.4, -0.2) is 11.4 Å². The zero-order chi connectivity index (χ0) is 10.6. The quantitative estimate of drug-likeness (QED) is 0.550. The molecule has 0 aromatic carbocycles. The van der Waals surface area contributed by atoms with Gasteiger partial charge in [0.1, 0.15) is 0 Å². The molecule has 14 heavy (non-hydrogen) atoms. The number of aliphatic hydroxyl groups is 1. The first kappa shape index (κ1) is 11.1. The second-order valence-corrected chi connectivity index (χ2v) is 3.59. The minimum Gasteiger partial charge on any atom is -0.827 e. The monoisotopic (exact) mass is 195 g/mol. The van der Waals surface area contributed by atoms with Gasteiger partial charge in [-0.25, -0.2) is 4.57 Å². The highest BCUT2D eigenvalue weighted by Gasteiger charge is 2.05. The molecule has 0 radical (unpaired) electrons. The lowest BCUT2D eigenvalue weighted by molar-refractivity contribution is -0.735. The molecule has 1 heterocycles. The Kier molecular flexibility index (Phi) is 4.04. The second kappa shape index (κ2) is 5.08. The first-order chi connectivity index (χ1) is 6.63. The average Bonchev–Trinajstić information content (AvgIpc) is 2.17. The minimum absolute atomic E-state index is 0.112. The highest BCUT2D eigenvalue weighted by atomic mass is 16.5. The number of pyridine rings is 1. The van der Waals surface area contributed by atoms with Gasteiger partial charge in [-0.2, -0.15) is 0 Å². The van der Waals surface area contributed by atoms with Crippen LogP contribution in [0.1, 0.15) is 31.7 Å². The number of nitrogens with zero attached hydrogens (tertiary/aromatic N) is 1. The summed E-state index contributed by atoms with van der Waals surface area (Å²) < 4.78 is 1.70. The maximum Gasteiger partial charge on any atom is 0.169 e. The summed E-state index contributed by atoms with van der Waals surface area (Å²) in [5.74, 6) is 0.543. The SMILES string of the molecule is CCC(C)c1cc[n+](CC([O-])O)cc1. The molecule has 0 aliphatic heterocycles. The minimum atomic E-state index is -1.53. The molecule has 3 heteroatoms. The Morgan fingerprint density at radius 1 is 1.43 bits per heavy atom. The molecule has 0 saturated heterocycles. The van der Waals surface area contributed by atoms with Crippen molar-refractivity contribution in [1.29, 1.82) is 0 Å². The van der Waals surface area contributed by atoms with Crippen molar-refractivity contribution in [3.8, 4) is 0 Å². The van der Waals surface area contributed by atoms with Crippen LogP contribution in [0.4, 0.5) is 0 Å². The van der Waals surface area contributed by atoms with Gasteiger partial charge in [-0.15, -0.1) is 0 Å². The number of hydrogen-bond acceptors (Lipinski definition) is 2. The Hall–Kier alpha value is -0.930. The van der Waals surface area contributed by atoms with Crippen LogP contribution in [-0.2, 0) is 6.54 Å². The van der Waals surface area contributed by atoms with Crippen molar-refractivity contribution in [2.75, 3.05) is 0 Å². The number of hydrogen-bond donors (Lipinski definition) is 1. The van der Waals surface area contributed by atoms with E-state index in [9.17, 15) is 5.11 Å². The van der Waals surface area contributed by atoms with Gasteiger partial charge in [0.05, 0.1) is 0 Å². The summed E-state index contributed by atoms with van der Waals surface area (Å²) in [7, 11) is 0. The summed E-state index contributed by atoms with van der Waals surface area (Å²) in [6, 6.07) is 3.99. The molecule has 0 aliphatic carbocycles. The van der Waals surface area contributed by atoms with E-state index in [0.717, 1.165) is 6.42 Å². The van der Waals surface area contributed by atoms with Crippen LogP contribution in [0.25, 0.3) is 0 Å². The van der Waals surface area contributed by atoms with Crippen molar-refractivity contribution in [3.05, 3.63) is 30.1 Å². The van der Waals surface area contributed by atoms with Gasteiger partial charge in [-0.1, -0.05) is 13.8 Å². The van der Waals surface area contributed by atoms with Crippen LogP contribution in [0.15, 0.2) is 24.5 Å². The van der Waals surface area contributed by atoms with Crippen LogP contribution in [0, 0.1) is 0 Å². The van der Waals surface area contributed by atoms with E-state index in [-0.39, 0.29) is 6.54 Å². The van der Waals surface area contributed by atoms with Gasteiger partial charge < -0.3 is 10.2 Å². The largest absolute Gasteiger partial charge is 0.827 e. The van der Waals surface area contributed by atoms with E-state index in [4.69, 9.17) is 5.11 Å². The maximum atomic E-state index is 10.5. The van der Waals surface area contributed by atoms with Crippen molar-refractivity contribution >= 4 is 0 Å². The van der Waals surface area contributed by atoms with Gasteiger partial charge in [-0.3, -0.25) is 0 Å². The summed E-state index contributed by atoms with van der Waals surface area (Å²) in [6.07, 6.45) is 3.24. The van der Waals surface area contributed by atoms with E-state index in [1.165, 1.54) is 5.56 Å². The lowest BCUT2D eigenvalue weighted by Crippen LogP contribution is -2.44. The third-order valence-electron chi connectivity index (χ3n) is 2.47. The highest BCUT2D eigenvalue weighted by molar-refractivity contribution is 5.12. The topological polar surface area (TPSA) is 47.2 Å². The molecule has 0 fully saturated rings. The Bertz CT molecular complexity index is 269. The molecule has 1 rings (SSSR count). The Labute approximate surface area is 84.6 Å². The van der Waals surface area contributed by atoms with E-state index >= 15 is 0 Å². The molecule has 0 saturated carbocycles. The second-order valence-electron chi connectivity index (χ2n) is 3.59. The fourth-order valence-electron chi connectivity index (χ4n) is 1.34. The molecule has 1 aromatic rings. The third-order valence-corrected chi connectivity index (χ3v) is 2.47. The van der Waals surface area contributed by atoms with Crippen molar-refractivity contribution in [3.63, 3.8) is 0 Å². The van der Waals surface area contributed by atoms with Crippen LogP contribution in [0.2, 0.25) is 0 Å². The fourth-order valence-corrected chi connectivity index (χ4v) is 1.34. The van der Waals surface area contributed by atoms with Crippen molar-refractivity contribution < 1.29 is 14.8 Å². The number of aliphatic hydroxyl groups excluding tert-OH is 1. The molecule has 0 spiro atoms. The van der Waals surface area contributed by atoms with Crippen LogP contribution in [0.3, 0.4) is 0 Å². The summed E-state index contributed by atoms with van der Waals surface area (Å²) in [4.78, 5) is 0. The predicted molar refractivity (Wildman–Crippen MR) is 51.3 cm³/mol. The molecule has 78 valence electrons. The van der Waals surface area contributed by atoms with E-state index in [1.54, 1.807) is 4.57 Å². The molecule has 0 amide bonds. The Morgan fingerprint density at radius 3 is 2.43 bits per heavy atom. The van der Waals surface area contributed by atoms with E-state index in [2.05, 4.69) is 13.8 Å². The van der Waals surface area contributed by atoms with E-state index in [0.29, 0.717) is 5.92 Å². The van der Waals surface area contributed by atoms with Gasteiger partial charge in [0.15, 0.2) is 18.9 Å². The fraction of sp³-hybridized carbons (Fsp3) is 0.545. The maximum absolute atomic E-state index is 10.5. The number of rotatable bonds is 4. The molecule has 2 unspecified atom stereocenters. The summed E-state index contributed by atoms with van der Waals surface area (Å²) in [5.41, 5.74) is 1.27. The third kappa shape index (κ3) is 3.09. The molecule has 0 aliphatic rings. The van der Waals surface area contributed by atoms with Gasteiger partial charge >= 0.3 is 0 Å². The van der Waals surface area contributed by atoms with Gasteiger partial charge in [-0.05, 0) is 17.9 Å². The predicted octanol–water partition coefficient (Wildman–Crippen LogP) is 0.166. The zero-order valence-electron chi connectivity index (χ0n) is 8.68. The molecule has 2 atom stereocenters. The first-order valence-electron chi connectivity index (χ1n) is 4.96. The van der Waals surface area contributed by atoms with Crippen molar-refractivity contribution in [2.24, 2.45) is 0 Å². The van der Waals surface area contributed by atoms with E-state index < -0.39 is 6.29 Å². The summed E-state index contributed by atoms with van der Waals surface area (Å²) in [6.45, 7) is 4.43. The van der Waals surface area contributed by atoms with Gasteiger partial charge in [0.2, 0.25) is 0 Å². The van der Waals surface area contributed by atoms with Gasteiger partial charge in [0, 0.05) is 18.4 Å². The molecular formula is C11H17NO2. The highest BCUT2D eigenvalue weighted by Crippen LogP contribution is 2.16. The summed E-state index contributed by atoms with van der Waals surface area (Å²) >= 11 is 0.